The highest BCUT2D eigenvalue weighted by Gasteiger charge is 2.43. The van der Waals surface area contributed by atoms with Crippen molar-refractivity contribution in [3.05, 3.63) is 18.9 Å². The van der Waals surface area contributed by atoms with Crippen molar-refractivity contribution in [3.8, 4) is 0 Å². The summed E-state index contributed by atoms with van der Waals surface area (Å²) in [5, 5.41) is 28.6. The van der Waals surface area contributed by atoms with Crippen molar-refractivity contribution in [2.75, 3.05) is 6.61 Å². The fraction of sp³-hybridized carbons (Fsp3) is 0.500. The van der Waals surface area contributed by atoms with E-state index in [1.807, 2.05) is 0 Å². The molecule has 0 saturated carbocycles. The molecule has 8 nitrogen and oxygen atoms in total. The maximum Gasteiger partial charge on any atom is 0.165 e. The first-order valence-electron chi connectivity index (χ1n) is 5.47. The smallest absolute Gasteiger partial charge is 0.165 e. The molecule has 1 aliphatic heterocycles. The Morgan fingerprint density at radius 1 is 1.28 bits per heavy atom. The first-order chi connectivity index (χ1) is 8.72. The van der Waals surface area contributed by atoms with E-state index in [2.05, 4.69) is 15.0 Å². The van der Waals surface area contributed by atoms with Crippen LogP contribution in [-0.4, -0.2) is 59.8 Å². The van der Waals surface area contributed by atoms with E-state index in [0.717, 1.165) is 0 Å². The van der Waals surface area contributed by atoms with Crippen LogP contribution in [0.1, 0.15) is 6.23 Å². The number of aliphatic hydroxyl groups excluding tert-OH is 3. The van der Waals surface area contributed by atoms with Crippen LogP contribution in [0.4, 0.5) is 0 Å². The van der Waals surface area contributed by atoms with E-state index in [9.17, 15) is 10.2 Å². The normalized spacial score (nSPS) is 32.2. The molecule has 96 valence electrons. The zero-order valence-electron chi connectivity index (χ0n) is 9.29. The van der Waals surface area contributed by atoms with E-state index < -0.39 is 24.5 Å². The van der Waals surface area contributed by atoms with Gasteiger partial charge in [0, 0.05) is 0 Å². The maximum absolute atomic E-state index is 9.91. The molecular weight excluding hydrogens is 240 g/mol. The third kappa shape index (κ3) is 1.58. The van der Waals surface area contributed by atoms with Gasteiger partial charge in [-0.05, 0) is 0 Å². The number of imidazole rings is 1. The lowest BCUT2D eigenvalue weighted by molar-refractivity contribution is -0.0511. The Hall–Kier alpha value is -1.61. The van der Waals surface area contributed by atoms with Gasteiger partial charge in [-0.25, -0.2) is 15.0 Å². The highest BCUT2D eigenvalue weighted by atomic mass is 16.6. The zero-order valence-corrected chi connectivity index (χ0v) is 9.29. The van der Waals surface area contributed by atoms with E-state index in [4.69, 9.17) is 9.84 Å². The first-order valence-corrected chi connectivity index (χ1v) is 5.47. The molecular formula is C10H12N4O4. The molecule has 0 aliphatic carbocycles. The van der Waals surface area contributed by atoms with Crippen LogP contribution in [0.15, 0.2) is 18.9 Å². The summed E-state index contributed by atoms with van der Waals surface area (Å²) in [5.41, 5.74) is 1.06. The largest absolute Gasteiger partial charge is 0.394 e. The fourth-order valence-corrected chi connectivity index (χ4v) is 2.08. The minimum Gasteiger partial charge on any atom is -0.394 e. The Kier molecular flexibility index (Phi) is 2.71. The predicted molar refractivity (Wildman–Crippen MR) is 58.3 cm³/mol. The van der Waals surface area contributed by atoms with Crippen molar-refractivity contribution >= 4 is 11.2 Å². The van der Waals surface area contributed by atoms with Gasteiger partial charge in [0.25, 0.3) is 0 Å². The van der Waals surface area contributed by atoms with Gasteiger partial charge in [0.05, 0.1) is 19.1 Å². The van der Waals surface area contributed by atoms with Crippen molar-refractivity contribution in [3.63, 3.8) is 0 Å². The van der Waals surface area contributed by atoms with Gasteiger partial charge in [0.1, 0.15) is 30.2 Å². The van der Waals surface area contributed by atoms with E-state index in [1.54, 1.807) is 6.20 Å². The molecule has 1 aliphatic rings. The number of nitrogens with zero attached hydrogens (tertiary/aromatic N) is 4. The molecule has 1 fully saturated rings. The number of aromatic nitrogens is 4. The fourth-order valence-electron chi connectivity index (χ4n) is 2.08. The zero-order chi connectivity index (χ0) is 12.7. The van der Waals surface area contributed by atoms with E-state index >= 15 is 0 Å². The quantitative estimate of drug-likeness (QED) is 0.592. The molecule has 2 unspecified atom stereocenters. The van der Waals surface area contributed by atoms with Gasteiger partial charge >= 0.3 is 0 Å². The lowest BCUT2D eigenvalue weighted by Gasteiger charge is -2.16. The summed E-state index contributed by atoms with van der Waals surface area (Å²) in [5.74, 6) is 0. The molecule has 0 aromatic carbocycles. The summed E-state index contributed by atoms with van der Waals surface area (Å²) in [4.78, 5) is 12.0. The van der Waals surface area contributed by atoms with Crippen LogP contribution in [0.5, 0.6) is 0 Å². The summed E-state index contributed by atoms with van der Waals surface area (Å²) >= 11 is 0. The van der Waals surface area contributed by atoms with Crippen molar-refractivity contribution in [2.45, 2.75) is 24.5 Å². The number of ether oxygens (including phenoxy) is 1. The van der Waals surface area contributed by atoms with E-state index in [-0.39, 0.29) is 6.61 Å². The molecule has 3 rings (SSSR count). The average molecular weight is 252 g/mol. The van der Waals surface area contributed by atoms with Gasteiger partial charge in [-0.1, -0.05) is 0 Å². The number of rotatable bonds is 2. The monoisotopic (exact) mass is 252 g/mol. The summed E-state index contributed by atoms with van der Waals surface area (Å²) < 4.78 is 6.91. The molecule has 4 atom stereocenters. The minimum atomic E-state index is -1.14. The second-order valence-electron chi connectivity index (χ2n) is 4.11. The Balaban J connectivity index is 2.00. The summed E-state index contributed by atoms with van der Waals surface area (Å²) in [6, 6.07) is 0. The van der Waals surface area contributed by atoms with Crippen molar-refractivity contribution in [1.82, 2.24) is 19.5 Å². The maximum atomic E-state index is 9.91. The third-order valence-electron chi connectivity index (χ3n) is 3.03. The Labute approximate surface area is 102 Å². The molecule has 2 aromatic heterocycles. The molecule has 3 heterocycles. The number of hydrogen-bond donors (Lipinski definition) is 3. The highest BCUT2D eigenvalue weighted by molar-refractivity contribution is 5.68. The Morgan fingerprint density at radius 2 is 2.11 bits per heavy atom. The summed E-state index contributed by atoms with van der Waals surface area (Å²) in [7, 11) is 0. The predicted octanol–water partition coefficient (Wildman–Crippen LogP) is -1.56. The van der Waals surface area contributed by atoms with Crippen molar-refractivity contribution < 1.29 is 20.1 Å². The van der Waals surface area contributed by atoms with Gasteiger partial charge in [-0.3, -0.25) is 4.57 Å². The number of hydrogen-bond acceptors (Lipinski definition) is 7. The average Bonchev–Trinajstić information content (AvgIpc) is 2.93. The lowest BCUT2D eigenvalue weighted by Crippen LogP contribution is -2.33. The molecule has 0 spiro atoms. The van der Waals surface area contributed by atoms with Gasteiger partial charge in [0.15, 0.2) is 11.9 Å². The van der Waals surface area contributed by atoms with Crippen LogP contribution < -0.4 is 0 Å². The number of aliphatic hydroxyl groups is 3. The Morgan fingerprint density at radius 3 is 2.83 bits per heavy atom. The number of fused-ring (bicyclic) bond motifs is 1. The van der Waals surface area contributed by atoms with Crippen LogP contribution in [0.3, 0.4) is 0 Å². The molecule has 3 N–H and O–H groups in total. The third-order valence-corrected chi connectivity index (χ3v) is 3.03. The first kappa shape index (κ1) is 11.5. The van der Waals surface area contributed by atoms with Crippen molar-refractivity contribution in [2.24, 2.45) is 0 Å². The minimum absolute atomic E-state index is 0.365. The van der Waals surface area contributed by atoms with Crippen LogP contribution in [0.2, 0.25) is 0 Å². The second-order valence-corrected chi connectivity index (χ2v) is 4.11. The van der Waals surface area contributed by atoms with Gasteiger partial charge in [-0.15, -0.1) is 0 Å². The van der Waals surface area contributed by atoms with Crippen LogP contribution in [0, 0.1) is 0 Å². The SMILES string of the molecule is OC[C@H]1O[C@@H](n2cnc3cncnc32)C(O)C1O. The molecule has 0 radical (unpaired) electrons. The van der Waals surface area contributed by atoms with Crippen LogP contribution in [-0.2, 0) is 4.74 Å². The standard InChI is InChI=1S/C10H12N4O4/c15-2-6-7(16)8(17)10(18-6)14-4-13-5-1-11-3-12-9(5)14/h1,3-4,6-8,10,15-17H,2H2/t6-,7?,8?,10-/m1/s1. The van der Waals surface area contributed by atoms with Gasteiger partial charge in [-0.2, -0.15) is 0 Å². The second kappa shape index (κ2) is 4.25. The van der Waals surface area contributed by atoms with Gasteiger partial charge in [0.2, 0.25) is 0 Å². The molecule has 18 heavy (non-hydrogen) atoms. The topological polar surface area (TPSA) is 114 Å². The van der Waals surface area contributed by atoms with Crippen LogP contribution >= 0.6 is 0 Å². The van der Waals surface area contributed by atoms with E-state index in [0.29, 0.717) is 11.2 Å². The molecule has 2 aromatic rings. The summed E-state index contributed by atoms with van der Waals surface area (Å²) in [6.45, 7) is -0.365. The molecule has 1 saturated heterocycles. The highest BCUT2D eigenvalue weighted by Crippen LogP contribution is 2.30. The van der Waals surface area contributed by atoms with E-state index in [1.165, 1.54) is 17.2 Å². The molecule has 0 amide bonds. The Bertz CT molecular complexity index is 560. The van der Waals surface area contributed by atoms with Crippen molar-refractivity contribution in [1.29, 1.82) is 0 Å². The summed E-state index contributed by atoms with van der Waals surface area (Å²) in [6.07, 6.45) is 0.442. The molecule has 0 bridgehead atoms. The van der Waals surface area contributed by atoms with Crippen LogP contribution in [0.25, 0.3) is 11.2 Å². The lowest BCUT2D eigenvalue weighted by atomic mass is 10.1. The molecule has 8 heteroatoms. The van der Waals surface area contributed by atoms with Gasteiger partial charge < -0.3 is 20.1 Å².